The molecule has 0 aliphatic heterocycles. The summed E-state index contributed by atoms with van der Waals surface area (Å²) in [5, 5.41) is 0. The Kier molecular flexibility index (Phi) is 28.1. The summed E-state index contributed by atoms with van der Waals surface area (Å²) in [6, 6.07) is 4.53. The lowest BCUT2D eigenvalue weighted by atomic mass is 9.68. The van der Waals surface area contributed by atoms with E-state index >= 15 is 8.78 Å². The molecule has 5 aromatic rings. The summed E-state index contributed by atoms with van der Waals surface area (Å²) >= 11 is 8.83. The van der Waals surface area contributed by atoms with E-state index in [0.717, 1.165) is 129 Å². The number of unbranched alkanes of at least 4 members (excludes halogenated alkanes) is 36. The first kappa shape index (κ1) is 63.9. The SMILES string of the molecule is CCCCCCCCCCCCC1(CCCCCCCCCCCC)c2cc(Br)c3nsnc3c2-c2c(F)c3c(c(F)c21)-c1c(cc(I)c2nsnc12)C3(CCCCCCCCCCCC)CCCCCCCCCCCC. The minimum atomic E-state index is -0.702. The molecule has 7 rings (SSSR count). The van der Waals surface area contributed by atoms with Gasteiger partial charge in [-0.25, -0.2) is 8.78 Å². The molecule has 0 radical (unpaired) electrons. The Morgan fingerprint density at radius 2 is 0.615 bits per heavy atom. The molecular weight excluding hydrogens is 1180 g/mol. The van der Waals surface area contributed by atoms with Crippen molar-refractivity contribution in [2.45, 2.75) is 321 Å². The molecule has 434 valence electrons. The number of hydrogen-bond acceptors (Lipinski definition) is 6. The topological polar surface area (TPSA) is 51.6 Å². The third kappa shape index (κ3) is 16.0. The van der Waals surface area contributed by atoms with Crippen molar-refractivity contribution in [3.8, 4) is 22.3 Å². The van der Waals surface area contributed by atoms with Crippen LogP contribution >= 0.6 is 62.0 Å². The van der Waals surface area contributed by atoms with Gasteiger partial charge in [0.05, 0.1) is 23.5 Å². The van der Waals surface area contributed by atoms with Gasteiger partial charge >= 0.3 is 0 Å². The fourth-order valence-electron chi connectivity index (χ4n) is 14.3. The van der Waals surface area contributed by atoms with Crippen molar-refractivity contribution in [1.82, 2.24) is 17.5 Å². The first-order valence-electron chi connectivity index (χ1n) is 32.8. The van der Waals surface area contributed by atoms with Crippen molar-refractivity contribution in [2.24, 2.45) is 0 Å². The fourth-order valence-corrected chi connectivity index (χ4v) is 16.9. The van der Waals surface area contributed by atoms with E-state index in [1.54, 1.807) is 0 Å². The molecule has 0 spiro atoms. The molecular formula is C68H102BrF2IN4S2. The number of aromatic nitrogens is 4. The van der Waals surface area contributed by atoms with Crippen LogP contribution in [-0.4, -0.2) is 17.5 Å². The normalized spacial score (nSPS) is 14.1. The van der Waals surface area contributed by atoms with Gasteiger partial charge in [0, 0.05) is 52.3 Å². The summed E-state index contributed by atoms with van der Waals surface area (Å²) < 4.78 is 61.1. The van der Waals surface area contributed by atoms with E-state index in [0.29, 0.717) is 22.3 Å². The molecule has 0 bridgehead atoms. The van der Waals surface area contributed by atoms with Gasteiger partial charge in [-0.15, -0.1) is 0 Å². The quantitative estimate of drug-likeness (QED) is 0.0288. The second-order valence-electron chi connectivity index (χ2n) is 24.5. The highest BCUT2D eigenvalue weighted by molar-refractivity contribution is 14.1. The molecule has 2 aliphatic rings. The minimum Gasteiger partial charge on any atom is -0.206 e. The Hall–Kier alpha value is -1.63. The first-order chi connectivity index (χ1) is 38.3. The zero-order chi connectivity index (χ0) is 55.0. The van der Waals surface area contributed by atoms with Crippen molar-refractivity contribution >= 4 is 84.0 Å². The molecule has 0 unspecified atom stereocenters. The van der Waals surface area contributed by atoms with Gasteiger partial charge in [-0.3, -0.25) is 0 Å². The summed E-state index contributed by atoms with van der Waals surface area (Å²) in [5.41, 5.74) is 7.69. The van der Waals surface area contributed by atoms with Crippen LogP contribution < -0.4 is 0 Å². The highest BCUT2D eigenvalue weighted by atomic mass is 127. The van der Waals surface area contributed by atoms with Crippen LogP contribution in [-0.2, 0) is 10.8 Å². The maximum Gasteiger partial charge on any atom is 0.136 e. The van der Waals surface area contributed by atoms with Crippen LogP contribution in [0.25, 0.3) is 44.3 Å². The molecule has 10 heteroatoms. The molecule has 0 saturated heterocycles. The summed E-state index contributed by atoms with van der Waals surface area (Å²) in [5.74, 6) is -0.400. The first-order valence-corrected chi connectivity index (χ1v) is 36.1. The van der Waals surface area contributed by atoms with E-state index in [4.69, 9.17) is 17.5 Å². The second kappa shape index (κ2) is 34.2. The minimum absolute atomic E-state index is 0.200. The average Bonchev–Trinajstić information content (AvgIpc) is 4.37. The number of rotatable bonds is 44. The van der Waals surface area contributed by atoms with Crippen LogP contribution in [0.5, 0.6) is 0 Å². The van der Waals surface area contributed by atoms with Crippen molar-refractivity contribution in [3.05, 3.63) is 54.1 Å². The Labute approximate surface area is 503 Å². The molecule has 0 atom stereocenters. The molecule has 78 heavy (non-hydrogen) atoms. The summed E-state index contributed by atoms with van der Waals surface area (Å²) in [7, 11) is 0. The Morgan fingerprint density at radius 3 is 0.936 bits per heavy atom. The molecule has 2 aliphatic carbocycles. The largest absolute Gasteiger partial charge is 0.206 e. The monoisotopic (exact) mass is 1280 g/mol. The molecule has 2 aromatic heterocycles. The summed E-state index contributed by atoms with van der Waals surface area (Å²) in [4.78, 5) is 0. The Balaban J connectivity index is 1.30. The fraction of sp³-hybridized carbons (Fsp3) is 0.735. The number of fused-ring (bicyclic) bond motifs is 10. The second-order valence-corrected chi connectivity index (χ2v) is 27.6. The van der Waals surface area contributed by atoms with E-state index in [2.05, 4.69) is 78.3 Å². The zero-order valence-corrected chi connectivity index (χ0v) is 54.8. The van der Waals surface area contributed by atoms with Crippen LogP contribution in [0, 0.1) is 15.2 Å². The number of benzene rings is 3. The van der Waals surface area contributed by atoms with Crippen molar-refractivity contribution in [2.75, 3.05) is 0 Å². The van der Waals surface area contributed by atoms with Gasteiger partial charge in [0.25, 0.3) is 0 Å². The lowest BCUT2D eigenvalue weighted by Crippen LogP contribution is -2.29. The predicted molar refractivity (Wildman–Crippen MR) is 347 cm³/mol. The van der Waals surface area contributed by atoms with E-state index in [1.165, 1.54) is 229 Å². The predicted octanol–water partition coefficient (Wildman–Crippen LogP) is 25.1. The Bertz CT molecular complexity index is 2330. The molecule has 3 aromatic carbocycles. The molecule has 0 saturated carbocycles. The zero-order valence-electron chi connectivity index (χ0n) is 49.4. The van der Waals surface area contributed by atoms with Gasteiger partial charge < -0.3 is 0 Å². The van der Waals surface area contributed by atoms with Gasteiger partial charge in [-0.2, -0.15) is 17.5 Å². The van der Waals surface area contributed by atoms with Crippen molar-refractivity contribution < 1.29 is 8.78 Å². The van der Waals surface area contributed by atoms with Crippen LogP contribution in [0.2, 0.25) is 0 Å². The van der Waals surface area contributed by atoms with Gasteiger partial charge in [0.2, 0.25) is 0 Å². The lowest BCUT2D eigenvalue weighted by Gasteiger charge is -2.35. The third-order valence-electron chi connectivity index (χ3n) is 18.7. The van der Waals surface area contributed by atoms with Crippen molar-refractivity contribution in [1.29, 1.82) is 0 Å². The highest BCUT2D eigenvalue weighted by Gasteiger charge is 2.54. The summed E-state index contributed by atoms with van der Waals surface area (Å²) in [6.07, 6.45) is 52.8. The Morgan fingerprint density at radius 1 is 0.359 bits per heavy atom. The number of halogens is 4. The maximum absolute atomic E-state index is 19.7. The van der Waals surface area contributed by atoms with E-state index in [9.17, 15) is 0 Å². The van der Waals surface area contributed by atoms with Gasteiger partial charge in [-0.05, 0) is 87.5 Å². The van der Waals surface area contributed by atoms with Crippen LogP contribution in [0.1, 0.15) is 332 Å². The van der Waals surface area contributed by atoms with Gasteiger partial charge in [-0.1, -0.05) is 285 Å². The maximum atomic E-state index is 19.7. The molecule has 2 heterocycles. The van der Waals surface area contributed by atoms with Gasteiger partial charge in [0.15, 0.2) is 0 Å². The summed E-state index contributed by atoms with van der Waals surface area (Å²) in [6.45, 7) is 9.16. The van der Waals surface area contributed by atoms with E-state index < -0.39 is 10.8 Å². The standard InChI is InChI=1S/C68H102BrF2IN4S2/c1-5-9-13-17-21-25-29-33-37-41-45-67(46-42-38-34-30-26-22-18-14-10-6-2)51-49-53(69)63-65(75-77-73-63)55(51)57-59(67)62(71)58-56-52(50-54(72)64-66(56)76-78-74-64)68(60(58)61(57)70,47-43-39-35-31-27-23-19-15-11-7-3)48-44-40-36-32-28-24-20-16-12-8-4/h49-50H,5-48H2,1-4H3. The lowest BCUT2D eigenvalue weighted by molar-refractivity contribution is 0.374. The van der Waals surface area contributed by atoms with E-state index in [1.807, 2.05) is 0 Å². The van der Waals surface area contributed by atoms with E-state index in [-0.39, 0.29) is 11.6 Å². The number of nitrogens with zero attached hydrogens (tertiary/aromatic N) is 4. The molecule has 0 N–H and O–H groups in total. The molecule has 0 fully saturated rings. The highest BCUT2D eigenvalue weighted by Crippen LogP contribution is 2.65. The van der Waals surface area contributed by atoms with Crippen LogP contribution in [0.15, 0.2) is 16.6 Å². The third-order valence-corrected chi connectivity index (χ3v) is 21.2. The average molecular weight is 1280 g/mol. The smallest absolute Gasteiger partial charge is 0.136 e. The van der Waals surface area contributed by atoms with Crippen molar-refractivity contribution in [3.63, 3.8) is 0 Å². The molecule has 0 amide bonds. The molecule has 4 nitrogen and oxygen atoms in total. The number of hydrogen-bond donors (Lipinski definition) is 0. The van der Waals surface area contributed by atoms with Crippen LogP contribution in [0.3, 0.4) is 0 Å². The van der Waals surface area contributed by atoms with Crippen LogP contribution in [0.4, 0.5) is 8.78 Å². The van der Waals surface area contributed by atoms with Gasteiger partial charge in [0.1, 0.15) is 33.7 Å².